The van der Waals surface area contributed by atoms with Crippen molar-refractivity contribution in [2.45, 2.75) is 31.9 Å². The van der Waals surface area contributed by atoms with E-state index >= 15 is 0 Å². The van der Waals surface area contributed by atoms with Gasteiger partial charge in [-0.15, -0.1) is 0 Å². The molecular formula is C9H17N3O3. The van der Waals surface area contributed by atoms with Crippen LogP contribution in [0, 0.1) is 0 Å². The number of carbonyl (C=O) groups is 1. The van der Waals surface area contributed by atoms with Gasteiger partial charge < -0.3 is 20.6 Å². The normalized spacial score (nSPS) is 24.3. The highest BCUT2D eigenvalue weighted by Crippen LogP contribution is 2.18. The molecule has 0 aromatic heterocycles. The third kappa shape index (κ3) is 2.38. The highest BCUT2D eigenvalue weighted by atomic mass is 16.5. The zero-order chi connectivity index (χ0) is 11.4. The van der Waals surface area contributed by atoms with Gasteiger partial charge in [0.05, 0.1) is 6.04 Å². The van der Waals surface area contributed by atoms with E-state index in [4.69, 9.17) is 15.7 Å². The SMILES string of the molecule is COC(C)C(=O)N1CCCC1C(N)=NO. The van der Waals surface area contributed by atoms with E-state index in [1.165, 1.54) is 7.11 Å². The number of amides is 1. The van der Waals surface area contributed by atoms with Crippen LogP contribution in [0.25, 0.3) is 0 Å². The van der Waals surface area contributed by atoms with Gasteiger partial charge >= 0.3 is 0 Å². The predicted octanol–water partition coefficient (Wildman–Crippen LogP) is -0.241. The molecule has 15 heavy (non-hydrogen) atoms. The van der Waals surface area contributed by atoms with Crippen molar-refractivity contribution < 1.29 is 14.7 Å². The van der Waals surface area contributed by atoms with E-state index in [0.29, 0.717) is 6.54 Å². The van der Waals surface area contributed by atoms with Crippen LogP contribution in [0.5, 0.6) is 0 Å². The Morgan fingerprint density at radius 1 is 1.73 bits per heavy atom. The number of ether oxygens (including phenoxy) is 1. The summed E-state index contributed by atoms with van der Waals surface area (Å²) in [5.74, 6) is -0.0317. The fourth-order valence-electron chi connectivity index (χ4n) is 1.74. The van der Waals surface area contributed by atoms with E-state index in [0.717, 1.165) is 12.8 Å². The number of oxime groups is 1. The maximum atomic E-state index is 11.8. The zero-order valence-corrected chi connectivity index (χ0v) is 9.01. The Kier molecular flexibility index (Phi) is 3.90. The minimum atomic E-state index is -0.489. The van der Waals surface area contributed by atoms with Crippen molar-refractivity contribution in [1.82, 2.24) is 4.90 Å². The summed E-state index contributed by atoms with van der Waals surface area (Å²) >= 11 is 0. The number of nitrogens with zero attached hydrogens (tertiary/aromatic N) is 2. The van der Waals surface area contributed by atoms with E-state index in [2.05, 4.69) is 5.16 Å². The van der Waals surface area contributed by atoms with Gasteiger partial charge in [-0.1, -0.05) is 5.16 Å². The molecule has 0 aromatic carbocycles. The fourth-order valence-corrected chi connectivity index (χ4v) is 1.74. The Morgan fingerprint density at radius 2 is 2.40 bits per heavy atom. The second-order valence-corrected chi connectivity index (χ2v) is 3.59. The van der Waals surface area contributed by atoms with Crippen LogP contribution in [0.15, 0.2) is 5.16 Å². The van der Waals surface area contributed by atoms with Gasteiger partial charge in [0.2, 0.25) is 0 Å². The van der Waals surface area contributed by atoms with Crippen LogP contribution >= 0.6 is 0 Å². The van der Waals surface area contributed by atoms with Gasteiger partial charge in [-0.2, -0.15) is 0 Å². The molecule has 0 aromatic rings. The summed E-state index contributed by atoms with van der Waals surface area (Å²) in [6.07, 6.45) is 1.11. The smallest absolute Gasteiger partial charge is 0.252 e. The molecule has 0 bridgehead atoms. The monoisotopic (exact) mass is 215 g/mol. The summed E-state index contributed by atoms with van der Waals surface area (Å²) in [7, 11) is 1.48. The molecule has 1 heterocycles. The first kappa shape index (κ1) is 11.8. The number of nitrogens with two attached hydrogens (primary N) is 1. The average Bonchev–Trinajstić information content (AvgIpc) is 2.74. The minimum absolute atomic E-state index is 0.0872. The maximum absolute atomic E-state index is 11.8. The molecule has 2 unspecified atom stereocenters. The van der Waals surface area contributed by atoms with E-state index in [1.807, 2.05) is 0 Å². The fraction of sp³-hybridized carbons (Fsp3) is 0.778. The van der Waals surface area contributed by atoms with Gasteiger partial charge in [0, 0.05) is 13.7 Å². The largest absolute Gasteiger partial charge is 0.409 e. The van der Waals surface area contributed by atoms with Gasteiger partial charge in [0.15, 0.2) is 5.84 Å². The van der Waals surface area contributed by atoms with E-state index in [-0.39, 0.29) is 17.8 Å². The molecule has 0 aliphatic carbocycles. The predicted molar refractivity (Wildman–Crippen MR) is 54.6 cm³/mol. The highest BCUT2D eigenvalue weighted by molar-refractivity contribution is 5.91. The van der Waals surface area contributed by atoms with Gasteiger partial charge in [-0.05, 0) is 19.8 Å². The minimum Gasteiger partial charge on any atom is -0.409 e. The van der Waals surface area contributed by atoms with Crippen LogP contribution in [0.1, 0.15) is 19.8 Å². The molecule has 1 aliphatic heterocycles. The molecule has 3 N–H and O–H groups in total. The topological polar surface area (TPSA) is 88.2 Å². The molecule has 6 nitrogen and oxygen atoms in total. The van der Waals surface area contributed by atoms with Gasteiger partial charge in [-0.3, -0.25) is 4.79 Å². The first-order valence-electron chi connectivity index (χ1n) is 4.92. The number of hydrogen-bond acceptors (Lipinski definition) is 4. The number of methoxy groups -OCH3 is 1. The van der Waals surface area contributed by atoms with Gasteiger partial charge in [0.25, 0.3) is 5.91 Å². The Labute approximate surface area is 88.7 Å². The second kappa shape index (κ2) is 4.97. The second-order valence-electron chi connectivity index (χ2n) is 3.59. The molecule has 6 heteroatoms. The first-order chi connectivity index (χ1) is 7.11. The molecular weight excluding hydrogens is 198 g/mol. The van der Waals surface area contributed by atoms with Crippen LogP contribution in [0.4, 0.5) is 0 Å². The molecule has 0 radical (unpaired) electrons. The van der Waals surface area contributed by atoms with Gasteiger partial charge in [0.1, 0.15) is 6.10 Å². The number of carbonyl (C=O) groups excluding carboxylic acids is 1. The third-order valence-electron chi connectivity index (χ3n) is 2.69. The Morgan fingerprint density at radius 3 is 2.93 bits per heavy atom. The van der Waals surface area contributed by atoms with Crippen LogP contribution in [-0.2, 0) is 9.53 Å². The molecule has 0 spiro atoms. The van der Waals surface area contributed by atoms with Crippen molar-refractivity contribution in [3.05, 3.63) is 0 Å². The average molecular weight is 215 g/mol. The highest BCUT2D eigenvalue weighted by Gasteiger charge is 2.33. The molecule has 1 amide bonds. The Bertz CT molecular complexity index is 267. The van der Waals surface area contributed by atoms with E-state index in [1.54, 1.807) is 11.8 Å². The van der Waals surface area contributed by atoms with Gasteiger partial charge in [-0.25, -0.2) is 0 Å². The van der Waals surface area contributed by atoms with Crippen molar-refractivity contribution in [2.24, 2.45) is 10.9 Å². The zero-order valence-electron chi connectivity index (χ0n) is 9.01. The summed E-state index contributed by atoms with van der Waals surface area (Å²) in [6, 6.07) is -0.292. The summed E-state index contributed by atoms with van der Waals surface area (Å²) in [5, 5.41) is 11.5. The van der Waals surface area contributed by atoms with E-state index in [9.17, 15) is 4.79 Å². The number of hydrogen-bond donors (Lipinski definition) is 2. The lowest BCUT2D eigenvalue weighted by atomic mass is 10.2. The van der Waals surface area contributed by atoms with Crippen LogP contribution < -0.4 is 5.73 Å². The Balaban J connectivity index is 2.72. The standard InChI is InChI=1S/C9H17N3O3/c1-6(15-2)9(13)12-5-3-4-7(12)8(10)11-14/h6-7,14H,3-5H2,1-2H3,(H2,10,11). The molecule has 86 valence electrons. The quantitative estimate of drug-likeness (QED) is 0.294. The van der Waals surface area contributed by atoms with Crippen molar-refractivity contribution in [2.75, 3.05) is 13.7 Å². The van der Waals surface area contributed by atoms with Crippen molar-refractivity contribution in [1.29, 1.82) is 0 Å². The van der Waals surface area contributed by atoms with Crippen molar-refractivity contribution in [3.8, 4) is 0 Å². The Hall–Kier alpha value is -1.30. The third-order valence-corrected chi connectivity index (χ3v) is 2.69. The molecule has 1 fully saturated rings. The summed E-state index contributed by atoms with van der Waals surface area (Å²) < 4.78 is 4.95. The first-order valence-corrected chi connectivity index (χ1v) is 4.92. The van der Waals surface area contributed by atoms with Crippen LogP contribution in [0.3, 0.4) is 0 Å². The summed E-state index contributed by atoms with van der Waals surface area (Å²) in [4.78, 5) is 13.4. The molecule has 0 saturated carbocycles. The molecule has 2 atom stereocenters. The number of likely N-dealkylation sites (tertiary alicyclic amines) is 1. The summed E-state index contributed by atoms with van der Waals surface area (Å²) in [6.45, 7) is 2.32. The van der Waals surface area contributed by atoms with E-state index < -0.39 is 6.10 Å². The lowest BCUT2D eigenvalue weighted by molar-refractivity contribution is -0.140. The van der Waals surface area contributed by atoms with Crippen molar-refractivity contribution in [3.63, 3.8) is 0 Å². The van der Waals surface area contributed by atoms with Crippen LogP contribution in [0.2, 0.25) is 0 Å². The number of amidine groups is 1. The maximum Gasteiger partial charge on any atom is 0.252 e. The summed E-state index contributed by atoms with van der Waals surface area (Å²) in [5.41, 5.74) is 5.51. The van der Waals surface area contributed by atoms with Crippen LogP contribution in [-0.4, -0.2) is 47.7 Å². The molecule has 1 rings (SSSR count). The lowest BCUT2D eigenvalue weighted by Crippen LogP contribution is -2.47. The number of rotatable bonds is 3. The van der Waals surface area contributed by atoms with Crippen molar-refractivity contribution >= 4 is 11.7 Å². The molecule has 1 saturated heterocycles. The molecule has 1 aliphatic rings. The lowest BCUT2D eigenvalue weighted by Gasteiger charge is -2.25.